The van der Waals surface area contributed by atoms with E-state index >= 15 is 0 Å². The van der Waals surface area contributed by atoms with Gasteiger partial charge in [0.25, 0.3) is 0 Å². The lowest BCUT2D eigenvalue weighted by molar-refractivity contribution is -0.122. The number of nitrogens with one attached hydrogen (secondary N) is 2. The van der Waals surface area contributed by atoms with Crippen LogP contribution in [0.3, 0.4) is 0 Å². The van der Waals surface area contributed by atoms with Gasteiger partial charge in [-0.3, -0.25) is 9.78 Å². The van der Waals surface area contributed by atoms with Gasteiger partial charge in [0, 0.05) is 25.1 Å². The number of carbonyl (C=O) groups is 2. The number of rotatable bonds is 6. The monoisotopic (exact) mass is 341 g/mol. The van der Waals surface area contributed by atoms with Gasteiger partial charge in [-0.1, -0.05) is 19.4 Å². The third-order valence-electron chi connectivity index (χ3n) is 3.98. The minimum absolute atomic E-state index is 0.0658. The minimum Gasteiger partial charge on any atom is -0.341 e. The van der Waals surface area contributed by atoms with Crippen LogP contribution in [0.4, 0.5) is 4.79 Å². The second-order valence-corrected chi connectivity index (χ2v) is 5.86. The third-order valence-corrected chi connectivity index (χ3v) is 3.98. The first-order valence-corrected chi connectivity index (χ1v) is 8.48. The molecule has 2 rings (SSSR count). The Morgan fingerprint density at radius 2 is 2.32 bits per heavy atom. The van der Waals surface area contributed by atoms with Crippen LogP contribution < -0.4 is 10.6 Å². The Labute approximate surface area is 147 Å². The van der Waals surface area contributed by atoms with E-state index in [1.54, 1.807) is 17.3 Å². The van der Waals surface area contributed by atoms with Gasteiger partial charge in [-0.15, -0.1) is 0 Å². The molecule has 7 heteroatoms. The highest BCUT2D eigenvalue weighted by atomic mass is 16.2. The molecular weight excluding hydrogens is 318 g/mol. The lowest BCUT2D eigenvalue weighted by Gasteiger charge is -2.27. The summed E-state index contributed by atoms with van der Waals surface area (Å²) >= 11 is 0. The molecule has 1 aliphatic rings. The van der Waals surface area contributed by atoms with Gasteiger partial charge in [-0.25, -0.2) is 4.79 Å². The topological polar surface area (TPSA) is 98.1 Å². The molecule has 0 radical (unpaired) electrons. The number of urea groups is 1. The van der Waals surface area contributed by atoms with Crippen LogP contribution in [0.15, 0.2) is 30.7 Å². The number of hydrogen-bond donors (Lipinski definition) is 2. The first-order valence-electron chi connectivity index (χ1n) is 8.48. The van der Waals surface area contributed by atoms with Gasteiger partial charge in [-0.2, -0.15) is 5.26 Å². The van der Waals surface area contributed by atoms with Gasteiger partial charge in [0.2, 0.25) is 5.91 Å². The molecule has 1 aliphatic heterocycles. The zero-order chi connectivity index (χ0) is 18.1. The Hall–Kier alpha value is -2.88. The molecule has 0 saturated heterocycles. The molecular formula is C18H23N5O2. The average molecular weight is 341 g/mol. The molecule has 0 bridgehead atoms. The van der Waals surface area contributed by atoms with Crippen LogP contribution in [0.1, 0.15) is 38.2 Å². The molecule has 3 amide bonds. The molecule has 1 unspecified atom stereocenters. The highest BCUT2D eigenvalue weighted by Crippen LogP contribution is 2.24. The van der Waals surface area contributed by atoms with Crippen LogP contribution in [0, 0.1) is 11.3 Å². The van der Waals surface area contributed by atoms with E-state index in [0.29, 0.717) is 13.0 Å². The molecule has 25 heavy (non-hydrogen) atoms. The Morgan fingerprint density at radius 3 is 3.00 bits per heavy atom. The van der Waals surface area contributed by atoms with Crippen molar-refractivity contribution in [2.24, 2.45) is 0 Å². The summed E-state index contributed by atoms with van der Waals surface area (Å²) in [5, 5.41) is 13.9. The largest absolute Gasteiger partial charge is 0.341 e. The number of nitrogens with zero attached hydrogens (tertiary/aromatic N) is 3. The Bertz CT molecular complexity index is 666. The van der Waals surface area contributed by atoms with Crippen LogP contribution in [0.5, 0.6) is 0 Å². The van der Waals surface area contributed by atoms with Crippen molar-refractivity contribution >= 4 is 17.5 Å². The van der Waals surface area contributed by atoms with E-state index in [4.69, 9.17) is 5.26 Å². The molecule has 7 nitrogen and oxygen atoms in total. The lowest BCUT2D eigenvalue weighted by atomic mass is 10.0. The summed E-state index contributed by atoms with van der Waals surface area (Å²) in [5.74, 6) is -0.328. The van der Waals surface area contributed by atoms with Crippen LogP contribution in [-0.4, -0.2) is 41.0 Å². The highest BCUT2D eigenvalue weighted by molar-refractivity contribution is 5.88. The summed E-state index contributed by atoms with van der Waals surface area (Å²) in [6, 6.07) is 4.77. The first kappa shape index (κ1) is 18.5. The van der Waals surface area contributed by atoms with Crippen LogP contribution in [-0.2, 0) is 4.79 Å². The summed E-state index contributed by atoms with van der Waals surface area (Å²) in [4.78, 5) is 30.3. The van der Waals surface area contributed by atoms with E-state index in [1.165, 1.54) is 0 Å². The van der Waals surface area contributed by atoms with Gasteiger partial charge in [-0.05, 0) is 36.5 Å². The number of aromatic nitrogens is 1. The standard InChI is InChI=1S/C18H23N5O2/c1-2-5-16(17(24)21-10-8-19)22-18(25)23-11-4-7-15(13-23)14-6-3-9-20-12-14/h3,6,9,12-13,16H,2,4-5,7,10-11H2,1H3,(H,21,24)(H,22,25). The number of pyridine rings is 1. The molecule has 0 aliphatic carbocycles. The Morgan fingerprint density at radius 1 is 1.48 bits per heavy atom. The Balaban J connectivity index is 2.05. The van der Waals surface area contributed by atoms with E-state index in [0.717, 1.165) is 30.4 Å². The molecule has 0 aromatic carbocycles. The average Bonchev–Trinajstić information content (AvgIpc) is 2.66. The number of allylic oxidation sites excluding steroid dienone is 1. The summed E-state index contributed by atoms with van der Waals surface area (Å²) in [5.41, 5.74) is 2.05. The molecule has 0 fully saturated rings. The van der Waals surface area contributed by atoms with Crippen molar-refractivity contribution in [3.63, 3.8) is 0 Å². The highest BCUT2D eigenvalue weighted by Gasteiger charge is 2.24. The van der Waals surface area contributed by atoms with E-state index in [-0.39, 0.29) is 18.5 Å². The number of carbonyl (C=O) groups excluding carboxylic acids is 2. The maximum Gasteiger partial charge on any atom is 0.322 e. The number of amides is 3. The van der Waals surface area contributed by atoms with E-state index in [2.05, 4.69) is 15.6 Å². The predicted molar refractivity (Wildman–Crippen MR) is 94.0 cm³/mol. The lowest BCUT2D eigenvalue weighted by Crippen LogP contribution is -2.50. The molecule has 2 heterocycles. The molecule has 0 spiro atoms. The molecule has 0 saturated carbocycles. The van der Waals surface area contributed by atoms with E-state index < -0.39 is 6.04 Å². The first-order chi connectivity index (χ1) is 12.2. The van der Waals surface area contributed by atoms with Gasteiger partial charge < -0.3 is 15.5 Å². The van der Waals surface area contributed by atoms with Gasteiger partial charge in [0.1, 0.15) is 12.6 Å². The predicted octanol–water partition coefficient (Wildman–Crippen LogP) is 2.04. The van der Waals surface area contributed by atoms with Crippen LogP contribution in [0.2, 0.25) is 0 Å². The van der Waals surface area contributed by atoms with Crippen molar-refractivity contribution in [1.82, 2.24) is 20.5 Å². The fourth-order valence-electron chi connectivity index (χ4n) is 2.73. The normalized spacial score (nSPS) is 14.9. The summed E-state index contributed by atoms with van der Waals surface area (Å²) < 4.78 is 0. The van der Waals surface area contributed by atoms with Gasteiger partial charge in [0.15, 0.2) is 0 Å². The van der Waals surface area contributed by atoms with Gasteiger partial charge in [0.05, 0.1) is 6.07 Å². The van der Waals surface area contributed by atoms with Crippen LogP contribution >= 0.6 is 0 Å². The maximum absolute atomic E-state index is 12.5. The smallest absolute Gasteiger partial charge is 0.322 e. The Kier molecular flexibility index (Phi) is 6.96. The zero-order valence-corrected chi connectivity index (χ0v) is 14.4. The molecule has 1 atom stereocenters. The molecule has 2 N–H and O–H groups in total. The zero-order valence-electron chi connectivity index (χ0n) is 14.4. The van der Waals surface area contributed by atoms with Crippen molar-refractivity contribution in [3.8, 4) is 6.07 Å². The van der Waals surface area contributed by atoms with E-state index in [1.807, 2.05) is 31.3 Å². The maximum atomic E-state index is 12.5. The second-order valence-electron chi connectivity index (χ2n) is 5.86. The van der Waals surface area contributed by atoms with Gasteiger partial charge >= 0.3 is 6.03 Å². The minimum atomic E-state index is -0.636. The van der Waals surface area contributed by atoms with Crippen molar-refractivity contribution < 1.29 is 9.59 Å². The van der Waals surface area contributed by atoms with E-state index in [9.17, 15) is 9.59 Å². The SMILES string of the molecule is CCCC(NC(=O)N1C=C(c2cccnc2)CCC1)C(=O)NCC#N. The van der Waals surface area contributed by atoms with Crippen molar-refractivity contribution in [2.45, 2.75) is 38.6 Å². The molecule has 1 aromatic heterocycles. The third kappa shape index (κ3) is 5.31. The second kappa shape index (κ2) is 9.42. The molecule has 1 aromatic rings. The molecule has 132 valence electrons. The van der Waals surface area contributed by atoms with Crippen LogP contribution in [0.25, 0.3) is 5.57 Å². The fourth-order valence-corrected chi connectivity index (χ4v) is 2.73. The summed E-state index contributed by atoms with van der Waals surface area (Å²) in [7, 11) is 0. The number of hydrogen-bond acceptors (Lipinski definition) is 4. The van der Waals surface area contributed by atoms with Crippen molar-refractivity contribution in [3.05, 3.63) is 36.3 Å². The number of nitriles is 1. The summed E-state index contributed by atoms with van der Waals surface area (Å²) in [6.07, 6.45) is 8.34. The summed E-state index contributed by atoms with van der Waals surface area (Å²) in [6.45, 7) is 2.48. The van der Waals surface area contributed by atoms with Crippen molar-refractivity contribution in [2.75, 3.05) is 13.1 Å². The van der Waals surface area contributed by atoms with Crippen molar-refractivity contribution in [1.29, 1.82) is 5.26 Å². The fraction of sp³-hybridized carbons (Fsp3) is 0.444. The quantitative estimate of drug-likeness (QED) is 0.774.